The van der Waals surface area contributed by atoms with Crippen molar-refractivity contribution in [3.05, 3.63) is 71.5 Å². The fourth-order valence-corrected chi connectivity index (χ4v) is 3.09. The SMILES string of the molecule is CC(CNC1CC(c2ccccc2F)C1)c1ccccc1. The molecule has 1 N–H and O–H groups in total. The molecule has 0 saturated heterocycles. The Morgan fingerprint density at radius 3 is 2.43 bits per heavy atom. The van der Waals surface area contributed by atoms with Crippen molar-refractivity contribution >= 4 is 0 Å². The maximum atomic E-state index is 13.7. The van der Waals surface area contributed by atoms with Crippen LogP contribution in [0.4, 0.5) is 4.39 Å². The van der Waals surface area contributed by atoms with Gasteiger partial charge in [0.1, 0.15) is 5.82 Å². The highest BCUT2D eigenvalue weighted by Gasteiger charge is 2.31. The molecule has 0 aromatic heterocycles. The molecular formula is C19H22FN. The Morgan fingerprint density at radius 2 is 1.71 bits per heavy atom. The molecule has 2 heteroatoms. The van der Waals surface area contributed by atoms with Gasteiger partial charge in [0.2, 0.25) is 0 Å². The number of hydrogen-bond acceptors (Lipinski definition) is 1. The number of halogens is 1. The minimum absolute atomic E-state index is 0.0568. The van der Waals surface area contributed by atoms with Gasteiger partial charge in [0.05, 0.1) is 0 Å². The summed E-state index contributed by atoms with van der Waals surface area (Å²) < 4.78 is 13.7. The molecular weight excluding hydrogens is 261 g/mol. The molecule has 1 aliphatic carbocycles. The molecule has 1 unspecified atom stereocenters. The third kappa shape index (κ3) is 3.33. The van der Waals surface area contributed by atoms with E-state index < -0.39 is 0 Å². The van der Waals surface area contributed by atoms with Gasteiger partial charge in [-0.2, -0.15) is 0 Å². The molecule has 1 atom stereocenters. The second-order valence-electron chi connectivity index (χ2n) is 6.11. The Morgan fingerprint density at radius 1 is 1.05 bits per heavy atom. The molecule has 0 radical (unpaired) electrons. The van der Waals surface area contributed by atoms with Crippen molar-refractivity contribution in [1.29, 1.82) is 0 Å². The number of rotatable bonds is 5. The van der Waals surface area contributed by atoms with Gasteiger partial charge in [-0.05, 0) is 41.9 Å². The Balaban J connectivity index is 1.46. The van der Waals surface area contributed by atoms with Crippen molar-refractivity contribution in [1.82, 2.24) is 5.32 Å². The molecule has 3 rings (SSSR count). The number of benzene rings is 2. The van der Waals surface area contributed by atoms with E-state index in [0.717, 1.165) is 24.9 Å². The predicted molar refractivity (Wildman–Crippen MR) is 85.0 cm³/mol. The van der Waals surface area contributed by atoms with Gasteiger partial charge in [0.15, 0.2) is 0 Å². The van der Waals surface area contributed by atoms with Crippen molar-refractivity contribution in [3.8, 4) is 0 Å². The van der Waals surface area contributed by atoms with Crippen LogP contribution < -0.4 is 5.32 Å². The maximum Gasteiger partial charge on any atom is 0.126 e. The molecule has 1 fully saturated rings. The highest BCUT2D eigenvalue weighted by Crippen LogP contribution is 2.38. The zero-order valence-corrected chi connectivity index (χ0v) is 12.4. The van der Waals surface area contributed by atoms with Gasteiger partial charge in [-0.3, -0.25) is 0 Å². The Hall–Kier alpha value is -1.67. The Bertz CT molecular complexity index is 575. The van der Waals surface area contributed by atoms with Gasteiger partial charge >= 0.3 is 0 Å². The fraction of sp³-hybridized carbons (Fsp3) is 0.368. The van der Waals surface area contributed by atoms with Crippen LogP contribution in [0.5, 0.6) is 0 Å². The molecule has 2 aromatic carbocycles. The van der Waals surface area contributed by atoms with E-state index in [1.165, 1.54) is 5.56 Å². The third-order valence-electron chi connectivity index (χ3n) is 4.56. The van der Waals surface area contributed by atoms with Crippen LogP contribution in [0.25, 0.3) is 0 Å². The van der Waals surface area contributed by atoms with E-state index in [1.807, 2.05) is 12.1 Å². The molecule has 2 aromatic rings. The van der Waals surface area contributed by atoms with Crippen LogP contribution in [0.3, 0.4) is 0 Å². The summed E-state index contributed by atoms with van der Waals surface area (Å²) in [6.45, 7) is 3.23. The van der Waals surface area contributed by atoms with Crippen molar-refractivity contribution in [2.24, 2.45) is 0 Å². The summed E-state index contributed by atoms with van der Waals surface area (Å²) >= 11 is 0. The second-order valence-corrected chi connectivity index (χ2v) is 6.11. The topological polar surface area (TPSA) is 12.0 Å². The molecule has 0 spiro atoms. The summed E-state index contributed by atoms with van der Waals surface area (Å²) in [6, 6.07) is 18.3. The van der Waals surface area contributed by atoms with Crippen LogP contribution in [0.2, 0.25) is 0 Å². The highest BCUT2D eigenvalue weighted by molar-refractivity contribution is 5.25. The van der Waals surface area contributed by atoms with E-state index in [1.54, 1.807) is 12.1 Å². The van der Waals surface area contributed by atoms with Gasteiger partial charge in [0.25, 0.3) is 0 Å². The van der Waals surface area contributed by atoms with E-state index in [2.05, 4.69) is 42.6 Å². The van der Waals surface area contributed by atoms with Gasteiger partial charge in [-0.15, -0.1) is 0 Å². The zero-order chi connectivity index (χ0) is 14.7. The molecule has 0 amide bonds. The van der Waals surface area contributed by atoms with Gasteiger partial charge in [-0.1, -0.05) is 55.5 Å². The Labute approximate surface area is 126 Å². The molecule has 0 aliphatic heterocycles. The second kappa shape index (κ2) is 6.40. The third-order valence-corrected chi connectivity index (χ3v) is 4.56. The van der Waals surface area contributed by atoms with Crippen LogP contribution in [0, 0.1) is 5.82 Å². The van der Waals surface area contributed by atoms with Gasteiger partial charge in [0, 0.05) is 12.6 Å². The zero-order valence-electron chi connectivity index (χ0n) is 12.4. The lowest BCUT2D eigenvalue weighted by Crippen LogP contribution is -2.41. The smallest absolute Gasteiger partial charge is 0.126 e. The fourth-order valence-electron chi connectivity index (χ4n) is 3.09. The predicted octanol–water partition coefficient (Wildman–Crippen LogP) is 4.47. The summed E-state index contributed by atoms with van der Waals surface area (Å²) in [5, 5.41) is 3.61. The maximum absolute atomic E-state index is 13.7. The molecule has 0 heterocycles. The van der Waals surface area contributed by atoms with Gasteiger partial charge in [-0.25, -0.2) is 4.39 Å². The molecule has 21 heavy (non-hydrogen) atoms. The highest BCUT2D eigenvalue weighted by atomic mass is 19.1. The normalized spacial score (nSPS) is 22.6. The molecule has 1 nitrogen and oxygen atoms in total. The molecule has 0 bridgehead atoms. The van der Waals surface area contributed by atoms with E-state index in [9.17, 15) is 4.39 Å². The summed E-state index contributed by atoms with van der Waals surface area (Å²) in [5.74, 6) is 0.841. The van der Waals surface area contributed by atoms with Crippen LogP contribution in [0.1, 0.15) is 42.7 Å². The lowest BCUT2D eigenvalue weighted by Gasteiger charge is -2.37. The lowest BCUT2D eigenvalue weighted by molar-refractivity contribution is 0.282. The van der Waals surface area contributed by atoms with Crippen LogP contribution >= 0.6 is 0 Å². The first-order valence-corrected chi connectivity index (χ1v) is 7.77. The summed E-state index contributed by atoms with van der Waals surface area (Å²) in [5.41, 5.74) is 2.25. The van der Waals surface area contributed by atoms with E-state index in [4.69, 9.17) is 0 Å². The van der Waals surface area contributed by atoms with Crippen molar-refractivity contribution in [3.63, 3.8) is 0 Å². The monoisotopic (exact) mass is 283 g/mol. The molecule has 110 valence electrons. The lowest BCUT2D eigenvalue weighted by atomic mass is 9.75. The van der Waals surface area contributed by atoms with E-state index >= 15 is 0 Å². The summed E-state index contributed by atoms with van der Waals surface area (Å²) in [6.07, 6.45) is 2.09. The molecule has 1 saturated carbocycles. The van der Waals surface area contributed by atoms with Crippen molar-refractivity contribution in [2.45, 2.75) is 37.6 Å². The quantitative estimate of drug-likeness (QED) is 0.854. The first-order chi connectivity index (χ1) is 10.2. The van der Waals surface area contributed by atoms with Crippen molar-refractivity contribution in [2.75, 3.05) is 6.54 Å². The standard InChI is InChI=1S/C19H22FN/c1-14(15-7-3-2-4-8-15)13-21-17-11-16(12-17)18-9-5-6-10-19(18)20/h2-10,14,16-17,21H,11-13H2,1H3. The largest absolute Gasteiger partial charge is 0.313 e. The average Bonchev–Trinajstić information content (AvgIpc) is 2.48. The first-order valence-electron chi connectivity index (χ1n) is 7.77. The van der Waals surface area contributed by atoms with E-state index in [0.29, 0.717) is 17.9 Å². The summed E-state index contributed by atoms with van der Waals surface area (Å²) in [7, 11) is 0. The first kappa shape index (κ1) is 14.3. The number of hydrogen-bond donors (Lipinski definition) is 1. The van der Waals surface area contributed by atoms with Crippen molar-refractivity contribution < 1.29 is 4.39 Å². The van der Waals surface area contributed by atoms with Crippen LogP contribution in [-0.2, 0) is 0 Å². The minimum Gasteiger partial charge on any atom is -0.313 e. The Kier molecular flexibility index (Phi) is 4.35. The summed E-state index contributed by atoms with van der Waals surface area (Å²) in [4.78, 5) is 0. The van der Waals surface area contributed by atoms with Crippen LogP contribution in [0.15, 0.2) is 54.6 Å². The number of nitrogens with one attached hydrogen (secondary N) is 1. The van der Waals surface area contributed by atoms with E-state index in [-0.39, 0.29) is 5.82 Å². The van der Waals surface area contributed by atoms with Gasteiger partial charge < -0.3 is 5.32 Å². The minimum atomic E-state index is -0.0568. The van der Waals surface area contributed by atoms with Crippen LogP contribution in [-0.4, -0.2) is 12.6 Å². The average molecular weight is 283 g/mol. The molecule has 1 aliphatic rings.